The third-order valence-corrected chi connectivity index (χ3v) is 4.03. The van der Waals surface area contributed by atoms with Crippen molar-refractivity contribution in [2.24, 2.45) is 0 Å². The number of carbonyl (C=O) groups excluding carboxylic acids is 1. The maximum Gasteiger partial charge on any atom is 0.417 e. The van der Waals surface area contributed by atoms with Gasteiger partial charge in [-0.3, -0.25) is 0 Å². The number of hydrogen-bond acceptors (Lipinski definition) is 4. The summed E-state index contributed by atoms with van der Waals surface area (Å²) in [4.78, 5) is 17.4. The average molecular weight is 340 g/mol. The van der Waals surface area contributed by atoms with Crippen molar-refractivity contribution in [3.05, 3.63) is 59.5 Å². The first-order valence-electron chi connectivity index (χ1n) is 7.74. The number of rotatable bonds is 2. The summed E-state index contributed by atoms with van der Waals surface area (Å²) >= 11 is 0. The minimum atomic E-state index is -0.739. The van der Waals surface area contributed by atoms with E-state index in [1.807, 2.05) is 37.3 Å². The van der Waals surface area contributed by atoms with E-state index >= 15 is 0 Å². The summed E-state index contributed by atoms with van der Waals surface area (Å²) in [7, 11) is 1.59. The smallest absolute Gasteiger partial charge is 0.388 e. The van der Waals surface area contributed by atoms with Crippen molar-refractivity contribution >= 4 is 6.09 Å². The number of hydrogen-bond donors (Lipinski definition) is 0. The van der Waals surface area contributed by atoms with Crippen molar-refractivity contribution in [2.45, 2.75) is 12.5 Å². The van der Waals surface area contributed by atoms with Crippen LogP contribution in [0.4, 0.5) is 9.18 Å². The number of pyridine rings is 1. The Hall–Kier alpha value is -2.91. The summed E-state index contributed by atoms with van der Waals surface area (Å²) < 4.78 is 24.3. The minimum Gasteiger partial charge on any atom is -0.388 e. The molecule has 25 heavy (non-hydrogen) atoms. The minimum absolute atomic E-state index is 0.369. The Bertz CT molecular complexity index is 839. The van der Waals surface area contributed by atoms with Gasteiger partial charge in [-0.25, -0.2) is 14.2 Å². The van der Waals surface area contributed by atoms with Crippen LogP contribution in [0.2, 0.25) is 0 Å². The summed E-state index contributed by atoms with van der Waals surface area (Å²) in [5.74, 6) is 4.63. The molecule has 0 spiro atoms. The molecule has 0 N–H and O–H groups in total. The fraction of sp³-hybridized carbons (Fsp3) is 0.263. The predicted molar refractivity (Wildman–Crippen MR) is 89.6 cm³/mol. The summed E-state index contributed by atoms with van der Waals surface area (Å²) in [6.07, 6.45) is 0.691. The van der Waals surface area contributed by atoms with E-state index in [9.17, 15) is 9.18 Å². The Morgan fingerprint density at radius 1 is 1.28 bits per heavy atom. The van der Waals surface area contributed by atoms with Crippen molar-refractivity contribution in [1.82, 2.24) is 9.88 Å². The van der Waals surface area contributed by atoms with E-state index in [0.29, 0.717) is 18.8 Å². The number of benzene rings is 1. The van der Waals surface area contributed by atoms with Crippen LogP contribution in [0.5, 0.6) is 5.88 Å². The number of nitrogens with zero attached hydrogens (tertiary/aromatic N) is 2. The molecule has 0 radical (unpaired) electrons. The molecule has 1 fully saturated rings. The van der Waals surface area contributed by atoms with Crippen molar-refractivity contribution in [1.29, 1.82) is 0 Å². The molecule has 0 aliphatic carbocycles. The molecular formula is C19H17FN2O3. The molecule has 1 saturated heterocycles. The highest BCUT2D eigenvalue weighted by molar-refractivity contribution is 5.71. The first kappa shape index (κ1) is 16.9. The van der Waals surface area contributed by atoms with Crippen LogP contribution in [-0.2, 0) is 4.74 Å². The second kappa shape index (κ2) is 6.91. The molecule has 0 bridgehead atoms. The molecule has 2 aromatic rings. The highest BCUT2D eigenvalue weighted by Gasteiger charge is 2.41. The second-order valence-electron chi connectivity index (χ2n) is 6.04. The van der Waals surface area contributed by atoms with Crippen LogP contribution in [0.3, 0.4) is 0 Å². The van der Waals surface area contributed by atoms with E-state index in [2.05, 4.69) is 16.8 Å². The number of halogens is 1. The Labute approximate surface area is 145 Å². The maximum absolute atomic E-state index is 14.1. The van der Waals surface area contributed by atoms with Gasteiger partial charge in [0.15, 0.2) is 5.82 Å². The van der Waals surface area contributed by atoms with Crippen molar-refractivity contribution in [3.8, 4) is 17.7 Å². The molecule has 1 amide bonds. The summed E-state index contributed by atoms with van der Waals surface area (Å²) in [6, 6.07) is 10.5. The highest BCUT2D eigenvalue weighted by atomic mass is 19.1. The van der Waals surface area contributed by atoms with E-state index in [1.54, 1.807) is 7.05 Å². The molecule has 0 atom stereocenters. The van der Waals surface area contributed by atoms with E-state index in [4.69, 9.17) is 9.47 Å². The van der Waals surface area contributed by atoms with E-state index in [0.717, 1.165) is 5.56 Å². The van der Waals surface area contributed by atoms with Gasteiger partial charge in [0.2, 0.25) is 0 Å². The molecule has 2 heterocycles. The van der Waals surface area contributed by atoms with Crippen LogP contribution in [0, 0.1) is 17.7 Å². The van der Waals surface area contributed by atoms with Gasteiger partial charge in [-0.05, 0) is 25.1 Å². The fourth-order valence-corrected chi connectivity index (χ4v) is 2.20. The quantitative estimate of drug-likeness (QED) is 0.789. The standard InChI is InChI=1S/C19H17FN2O3/c1-19(12-24-13-19)22(2)18(23)25-17-16(20)10-15(11-21-17)9-8-14-6-4-3-5-7-14/h3-7,10-11H,12-13H2,1-2H3. The lowest BCUT2D eigenvalue weighted by molar-refractivity contribution is -0.110. The van der Waals surface area contributed by atoms with Crippen LogP contribution < -0.4 is 4.74 Å². The van der Waals surface area contributed by atoms with Gasteiger partial charge < -0.3 is 14.4 Å². The third kappa shape index (κ3) is 3.78. The lowest BCUT2D eigenvalue weighted by atomic mass is 9.99. The Morgan fingerprint density at radius 2 is 1.96 bits per heavy atom. The van der Waals surface area contributed by atoms with Crippen LogP contribution >= 0.6 is 0 Å². The number of amides is 1. The summed E-state index contributed by atoms with van der Waals surface area (Å²) in [5, 5.41) is 0. The van der Waals surface area contributed by atoms with Gasteiger partial charge >= 0.3 is 6.09 Å². The van der Waals surface area contributed by atoms with Gasteiger partial charge in [0.25, 0.3) is 5.88 Å². The van der Waals surface area contributed by atoms with Gasteiger partial charge in [-0.1, -0.05) is 30.0 Å². The van der Waals surface area contributed by atoms with E-state index in [-0.39, 0.29) is 5.88 Å². The lowest BCUT2D eigenvalue weighted by Crippen LogP contribution is -2.61. The summed E-state index contributed by atoms with van der Waals surface area (Å²) in [6.45, 7) is 2.70. The monoisotopic (exact) mass is 340 g/mol. The number of ether oxygens (including phenoxy) is 2. The first-order valence-corrected chi connectivity index (χ1v) is 7.74. The Balaban J connectivity index is 1.70. The van der Waals surface area contributed by atoms with Crippen molar-refractivity contribution in [2.75, 3.05) is 20.3 Å². The van der Waals surface area contributed by atoms with Crippen molar-refractivity contribution in [3.63, 3.8) is 0 Å². The number of aromatic nitrogens is 1. The van der Waals surface area contributed by atoms with Crippen molar-refractivity contribution < 1.29 is 18.7 Å². The molecule has 0 unspecified atom stereocenters. The van der Waals surface area contributed by atoms with Gasteiger partial charge in [-0.15, -0.1) is 0 Å². The molecule has 0 saturated carbocycles. The predicted octanol–water partition coefficient (Wildman–Crippen LogP) is 2.84. The summed E-state index contributed by atoms with van der Waals surface area (Å²) in [5.41, 5.74) is 0.777. The molecule has 3 rings (SSSR count). The zero-order valence-corrected chi connectivity index (χ0v) is 14.0. The Morgan fingerprint density at radius 3 is 2.56 bits per heavy atom. The normalized spacial score (nSPS) is 14.7. The van der Waals surface area contributed by atoms with E-state index in [1.165, 1.54) is 17.2 Å². The first-order chi connectivity index (χ1) is 12.0. The third-order valence-electron chi connectivity index (χ3n) is 4.03. The molecule has 1 aliphatic rings. The van der Waals surface area contributed by atoms with Crippen LogP contribution in [0.1, 0.15) is 18.1 Å². The molecule has 1 aromatic heterocycles. The van der Waals surface area contributed by atoms with Crippen LogP contribution in [0.15, 0.2) is 42.6 Å². The van der Waals surface area contributed by atoms with Gasteiger partial charge in [0, 0.05) is 24.4 Å². The molecule has 1 aliphatic heterocycles. The molecular weight excluding hydrogens is 323 g/mol. The molecule has 1 aromatic carbocycles. The van der Waals surface area contributed by atoms with Gasteiger partial charge in [0.05, 0.1) is 18.8 Å². The largest absolute Gasteiger partial charge is 0.417 e. The Kier molecular flexibility index (Phi) is 4.68. The molecule has 6 heteroatoms. The SMILES string of the molecule is CN(C(=O)Oc1ncc(C#Cc2ccccc2)cc1F)C1(C)COC1. The van der Waals surface area contributed by atoms with Crippen LogP contribution in [0.25, 0.3) is 0 Å². The maximum atomic E-state index is 14.1. The zero-order valence-electron chi connectivity index (χ0n) is 14.0. The number of likely N-dealkylation sites (N-methyl/N-ethyl adjacent to an activating group) is 1. The molecule has 5 nitrogen and oxygen atoms in total. The fourth-order valence-electron chi connectivity index (χ4n) is 2.20. The molecule has 128 valence electrons. The zero-order chi connectivity index (χ0) is 17.9. The van der Waals surface area contributed by atoms with Gasteiger partial charge in [0.1, 0.15) is 0 Å². The topological polar surface area (TPSA) is 51.7 Å². The van der Waals surface area contributed by atoms with Crippen LogP contribution in [-0.4, -0.2) is 41.8 Å². The van der Waals surface area contributed by atoms with Gasteiger partial charge in [-0.2, -0.15) is 0 Å². The second-order valence-corrected chi connectivity index (χ2v) is 6.04. The number of carbonyl (C=O) groups is 1. The highest BCUT2D eigenvalue weighted by Crippen LogP contribution is 2.24. The average Bonchev–Trinajstić information content (AvgIpc) is 2.60. The lowest BCUT2D eigenvalue weighted by Gasteiger charge is -2.44. The van der Waals surface area contributed by atoms with E-state index < -0.39 is 17.4 Å².